The van der Waals surface area contributed by atoms with Crippen LogP contribution in [0.4, 0.5) is 26.8 Å². The Hall–Kier alpha value is -3.65. The van der Waals surface area contributed by atoms with E-state index < -0.39 is 5.82 Å². The fourth-order valence-corrected chi connectivity index (χ4v) is 5.43. The normalized spacial score (nSPS) is 18.4. The summed E-state index contributed by atoms with van der Waals surface area (Å²) >= 11 is 6.31. The van der Waals surface area contributed by atoms with E-state index in [1.54, 1.807) is 11.1 Å². The smallest absolute Gasteiger partial charge is 0.409 e. The second-order valence-electron chi connectivity index (χ2n) is 9.45. The van der Waals surface area contributed by atoms with Crippen molar-refractivity contribution in [1.82, 2.24) is 24.4 Å². The predicted molar refractivity (Wildman–Crippen MR) is 137 cm³/mol. The van der Waals surface area contributed by atoms with Crippen molar-refractivity contribution in [3.63, 3.8) is 0 Å². The van der Waals surface area contributed by atoms with Gasteiger partial charge in [-0.3, -0.25) is 4.57 Å². The highest BCUT2D eigenvalue weighted by molar-refractivity contribution is 6.33. The third-order valence-electron chi connectivity index (χ3n) is 6.97. The number of nitrogens with zero attached hydrogens (tertiary/aromatic N) is 6. The first-order valence-corrected chi connectivity index (χ1v) is 12.8. The summed E-state index contributed by atoms with van der Waals surface area (Å²) in [5.74, 6) is 0.232. The van der Waals surface area contributed by atoms with Crippen LogP contribution >= 0.6 is 11.6 Å². The van der Waals surface area contributed by atoms with E-state index in [9.17, 15) is 9.18 Å². The maximum absolute atomic E-state index is 14.8. The number of benzene rings is 1. The quantitative estimate of drug-likeness (QED) is 0.454. The second kappa shape index (κ2) is 10.8. The first kappa shape index (κ1) is 25.0. The summed E-state index contributed by atoms with van der Waals surface area (Å²) in [6.45, 7) is 1.15. The van der Waals surface area contributed by atoms with Gasteiger partial charge in [-0.2, -0.15) is 10.2 Å². The number of amides is 1. The van der Waals surface area contributed by atoms with Crippen LogP contribution < -0.4 is 10.6 Å². The van der Waals surface area contributed by atoms with Crippen LogP contribution in [-0.4, -0.2) is 56.8 Å². The number of ether oxygens (including phenoxy) is 1. The number of hydrogen-bond donors (Lipinski definition) is 2. The second-order valence-corrected chi connectivity index (χ2v) is 9.86. The number of carbonyl (C=O) groups is 1. The Morgan fingerprint density at radius 3 is 2.76 bits per heavy atom. The topological polar surface area (TPSA) is 121 Å². The molecule has 1 aliphatic heterocycles. The monoisotopic (exact) mass is 526 g/mol. The van der Waals surface area contributed by atoms with Crippen molar-refractivity contribution in [2.45, 2.75) is 57.0 Å². The van der Waals surface area contributed by atoms with Crippen molar-refractivity contribution in [1.29, 1.82) is 5.26 Å². The van der Waals surface area contributed by atoms with E-state index in [1.807, 2.05) is 10.6 Å². The van der Waals surface area contributed by atoms with Crippen LogP contribution in [0.2, 0.25) is 5.02 Å². The van der Waals surface area contributed by atoms with Crippen LogP contribution in [0.15, 0.2) is 18.3 Å². The molecule has 1 aliphatic carbocycles. The molecule has 5 rings (SSSR count). The lowest BCUT2D eigenvalue weighted by molar-refractivity contribution is 0.113. The number of rotatable bonds is 5. The molecule has 2 fully saturated rings. The number of carbonyl (C=O) groups excluding carboxylic acids is 1. The van der Waals surface area contributed by atoms with Gasteiger partial charge in [0.25, 0.3) is 0 Å². The molecule has 1 saturated carbocycles. The molecule has 10 nitrogen and oxygen atoms in total. The minimum Gasteiger partial charge on any atom is -0.453 e. The standard InChI is InChI=1S/C25H28ClFN8O2/c1-37-25(36)34-9-5-6-16(14-34)30-23-29-13-20-22(33-23)35(17-7-3-2-4-8-17)24(31-20)32-21-18(26)10-15(12-28)11-19(21)27/h10-11,13,16-17H,2-9,14H2,1H3,(H,31,32)(H,29,30,33)/t16-/m1/s1. The highest BCUT2D eigenvalue weighted by atomic mass is 35.5. The number of aromatic nitrogens is 4. The van der Waals surface area contributed by atoms with Gasteiger partial charge in [0, 0.05) is 25.2 Å². The average Bonchev–Trinajstić information content (AvgIpc) is 3.28. The predicted octanol–water partition coefficient (Wildman–Crippen LogP) is 5.38. The highest BCUT2D eigenvalue weighted by Gasteiger charge is 2.27. The fourth-order valence-electron chi connectivity index (χ4n) is 5.18. The van der Waals surface area contributed by atoms with E-state index in [2.05, 4.69) is 20.6 Å². The van der Waals surface area contributed by atoms with Crippen molar-refractivity contribution in [3.8, 4) is 6.07 Å². The number of nitrogens with one attached hydrogen (secondary N) is 2. The van der Waals surface area contributed by atoms with Gasteiger partial charge in [0.05, 0.1) is 35.6 Å². The number of nitriles is 1. The molecule has 3 aromatic rings. The fraction of sp³-hybridized carbons (Fsp3) is 0.480. The Labute approximate surface area is 218 Å². The van der Waals surface area contributed by atoms with Gasteiger partial charge in [0.1, 0.15) is 11.3 Å². The van der Waals surface area contributed by atoms with E-state index in [-0.39, 0.29) is 34.5 Å². The maximum atomic E-state index is 14.8. The molecular weight excluding hydrogens is 499 g/mol. The molecule has 1 aromatic carbocycles. The van der Waals surface area contributed by atoms with E-state index in [0.29, 0.717) is 36.2 Å². The van der Waals surface area contributed by atoms with Gasteiger partial charge in [-0.1, -0.05) is 30.9 Å². The molecule has 2 N–H and O–H groups in total. The lowest BCUT2D eigenvalue weighted by Crippen LogP contribution is -2.45. The molecule has 0 radical (unpaired) electrons. The Balaban J connectivity index is 1.48. The Bertz CT molecular complexity index is 1330. The molecule has 2 aromatic heterocycles. The molecule has 3 heterocycles. The van der Waals surface area contributed by atoms with E-state index in [4.69, 9.17) is 26.6 Å². The van der Waals surface area contributed by atoms with Crippen LogP contribution in [0.1, 0.15) is 56.6 Å². The van der Waals surface area contributed by atoms with Crippen molar-refractivity contribution < 1.29 is 13.9 Å². The third-order valence-corrected chi connectivity index (χ3v) is 7.27. The third kappa shape index (κ3) is 5.25. The van der Waals surface area contributed by atoms with Gasteiger partial charge in [-0.05, 0) is 37.8 Å². The SMILES string of the molecule is COC(=O)N1CCC[C@@H](Nc2ncc3nc(Nc4c(F)cc(C#N)cc4Cl)n(C4CCCCC4)c3n2)C1. The molecule has 194 valence electrons. The minimum atomic E-state index is -0.632. The maximum Gasteiger partial charge on any atom is 0.409 e. The van der Waals surface area contributed by atoms with Gasteiger partial charge in [-0.15, -0.1) is 0 Å². The van der Waals surface area contributed by atoms with Crippen LogP contribution in [-0.2, 0) is 4.74 Å². The molecule has 1 atom stereocenters. The molecule has 0 spiro atoms. The number of fused-ring (bicyclic) bond motifs is 1. The molecule has 2 aliphatic rings. The number of piperidine rings is 1. The largest absolute Gasteiger partial charge is 0.453 e. The Morgan fingerprint density at radius 1 is 1.22 bits per heavy atom. The number of halogens is 2. The number of imidazole rings is 1. The average molecular weight is 527 g/mol. The van der Waals surface area contributed by atoms with E-state index in [1.165, 1.54) is 19.6 Å². The molecule has 0 unspecified atom stereocenters. The van der Waals surface area contributed by atoms with Gasteiger partial charge in [0.2, 0.25) is 11.9 Å². The summed E-state index contributed by atoms with van der Waals surface area (Å²) in [7, 11) is 1.38. The zero-order valence-corrected chi connectivity index (χ0v) is 21.3. The van der Waals surface area contributed by atoms with Gasteiger partial charge >= 0.3 is 6.09 Å². The summed E-state index contributed by atoms with van der Waals surface area (Å²) in [4.78, 5) is 27.6. The van der Waals surface area contributed by atoms with E-state index in [0.717, 1.165) is 44.6 Å². The molecule has 0 bridgehead atoms. The lowest BCUT2D eigenvalue weighted by Gasteiger charge is -2.32. The zero-order valence-electron chi connectivity index (χ0n) is 20.5. The first-order valence-electron chi connectivity index (χ1n) is 12.5. The van der Waals surface area contributed by atoms with Gasteiger partial charge < -0.3 is 20.3 Å². The summed E-state index contributed by atoms with van der Waals surface area (Å²) in [5.41, 5.74) is 1.41. The van der Waals surface area contributed by atoms with Crippen molar-refractivity contribution in [2.75, 3.05) is 30.8 Å². The van der Waals surface area contributed by atoms with Crippen LogP contribution in [0, 0.1) is 17.1 Å². The number of hydrogen-bond acceptors (Lipinski definition) is 8. The van der Waals surface area contributed by atoms with Crippen molar-refractivity contribution >= 4 is 46.4 Å². The lowest BCUT2D eigenvalue weighted by atomic mass is 9.95. The summed E-state index contributed by atoms with van der Waals surface area (Å²) in [6, 6.07) is 4.59. The van der Waals surface area contributed by atoms with E-state index >= 15 is 0 Å². The number of anilines is 3. The molecule has 12 heteroatoms. The number of likely N-dealkylation sites (tertiary alicyclic amines) is 1. The van der Waals surface area contributed by atoms with Crippen molar-refractivity contribution in [3.05, 3.63) is 34.7 Å². The van der Waals surface area contributed by atoms with Gasteiger partial charge in [-0.25, -0.2) is 19.2 Å². The highest BCUT2D eigenvalue weighted by Crippen LogP contribution is 2.36. The zero-order chi connectivity index (χ0) is 25.9. The molecular formula is C25H28ClFN8O2. The summed E-state index contributed by atoms with van der Waals surface area (Å²) in [5, 5.41) is 15.6. The Kier molecular flexibility index (Phi) is 7.28. The molecule has 37 heavy (non-hydrogen) atoms. The van der Waals surface area contributed by atoms with Crippen LogP contribution in [0.3, 0.4) is 0 Å². The summed E-state index contributed by atoms with van der Waals surface area (Å²) in [6.07, 6.45) is 8.26. The first-order chi connectivity index (χ1) is 18.0. The molecule has 1 saturated heterocycles. The molecule has 1 amide bonds. The Morgan fingerprint density at radius 2 is 2.03 bits per heavy atom. The number of methoxy groups -OCH3 is 1. The summed E-state index contributed by atoms with van der Waals surface area (Å²) < 4.78 is 21.7. The minimum absolute atomic E-state index is 0.0134. The van der Waals surface area contributed by atoms with Gasteiger partial charge in [0.15, 0.2) is 5.65 Å². The van der Waals surface area contributed by atoms with Crippen molar-refractivity contribution in [2.24, 2.45) is 0 Å². The van der Waals surface area contributed by atoms with Crippen LogP contribution in [0.25, 0.3) is 11.2 Å². The van der Waals surface area contributed by atoms with Crippen LogP contribution in [0.5, 0.6) is 0 Å².